The van der Waals surface area contributed by atoms with E-state index in [4.69, 9.17) is 0 Å². The molecule has 0 saturated carbocycles. The maximum Gasteiger partial charge on any atom is 0.166 e. The second kappa shape index (κ2) is 5.08. The summed E-state index contributed by atoms with van der Waals surface area (Å²) in [6, 6.07) is 8.15. The lowest BCUT2D eigenvalue weighted by atomic mass is 9.99. The zero-order valence-electron chi connectivity index (χ0n) is 10.4. The molecule has 0 N–H and O–H groups in total. The van der Waals surface area contributed by atoms with Gasteiger partial charge in [-0.15, -0.1) is 0 Å². The van der Waals surface area contributed by atoms with Gasteiger partial charge in [0.15, 0.2) is 5.78 Å². The van der Waals surface area contributed by atoms with Crippen LogP contribution in [0.3, 0.4) is 0 Å². The summed E-state index contributed by atoms with van der Waals surface area (Å²) in [5.74, 6) is -0.392. The van der Waals surface area contributed by atoms with E-state index in [2.05, 4.69) is 4.98 Å². The van der Waals surface area contributed by atoms with Crippen molar-refractivity contribution < 1.29 is 9.18 Å². The molecule has 3 heteroatoms. The molecule has 0 aliphatic heterocycles. The Bertz CT molecular complexity index is 578. The van der Waals surface area contributed by atoms with Gasteiger partial charge in [0.2, 0.25) is 0 Å². The molecule has 0 radical (unpaired) electrons. The van der Waals surface area contributed by atoms with Crippen molar-refractivity contribution >= 4 is 5.78 Å². The first-order chi connectivity index (χ1) is 8.59. The fraction of sp³-hybridized carbons (Fsp3) is 0.200. The largest absolute Gasteiger partial charge is 0.294 e. The van der Waals surface area contributed by atoms with Gasteiger partial charge in [0, 0.05) is 35.0 Å². The van der Waals surface area contributed by atoms with Crippen molar-refractivity contribution in [3.05, 3.63) is 54.1 Å². The minimum Gasteiger partial charge on any atom is -0.294 e. The molecular formula is C15H14FNO. The molecule has 92 valence electrons. The zero-order valence-corrected chi connectivity index (χ0v) is 10.4. The van der Waals surface area contributed by atoms with Crippen molar-refractivity contribution in [2.24, 2.45) is 5.92 Å². The standard InChI is InChI=1S/C15H14FNO/c1-10(2)15(18)12-7-11(8-17-9-12)13-5-3-4-6-14(13)16/h3-10H,1-2H3. The summed E-state index contributed by atoms with van der Waals surface area (Å²) in [7, 11) is 0. The second-order valence-electron chi connectivity index (χ2n) is 4.46. The van der Waals surface area contributed by atoms with Crippen LogP contribution in [-0.4, -0.2) is 10.8 Å². The van der Waals surface area contributed by atoms with Crippen LogP contribution in [-0.2, 0) is 0 Å². The molecule has 0 spiro atoms. The molecule has 18 heavy (non-hydrogen) atoms. The lowest BCUT2D eigenvalue weighted by Gasteiger charge is -2.07. The van der Waals surface area contributed by atoms with Gasteiger partial charge < -0.3 is 0 Å². The van der Waals surface area contributed by atoms with Gasteiger partial charge in [0.25, 0.3) is 0 Å². The summed E-state index contributed by atoms with van der Waals surface area (Å²) in [6.07, 6.45) is 3.09. The number of hydrogen-bond acceptors (Lipinski definition) is 2. The van der Waals surface area contributed by atoms with Gasteiger partial charge in [-0.3, -0.25) is 9.78 Å². The van der Waals surface area contributed by atoms with E-state index >= 15 is 0 Å². The van der Waals surface area contributed by atoms with Gasteiger partial charge in [-0.25, -0.2) is 4.39 Å². The molecule has 0 saturated heterocycles. The number of Topliss-reactive ketones (excluding diaryl/α,β-unsaturated/α-hetero) is 1. The minimum absolute atomic E-state index is 0.0145. The molecule has 2 rings (SSSR count). The predicted octanol–water partition coefficient (Wildman–Crippen LogP) is 3.73. The monoisotopic (exact) mass is 243 g/mol. The minimum atomic E-state index is -0.312. The van der Waals surface area contributed by atoms with Crippen molar-refractivity contribution in [3.8, 4) is 11.1 Å². The fourth-order valence-corrected chi connectivity index (χ4v) is 1.75. The average molecular weight is 243 g/mol. The van der Waals surface area contributed by atoms with Crippen LogP contribution in [0.1, 0.15) is 24.2 Å². The third-order valence-electron chi connectivity index (χ3n) is 2.73. The molecule has 0 aliphatic rings. The van der Waals surface area contributed by atoms with Gasteiger partial charge >= 0.3 is 0 Å². The maximum absolute atomic E-state index is 13.7. The second-order valence-corrected chi connectivity index (χ2v) is 4.46. The Balaban J connectivity index is 2.45. The van der Waals surface area contributed by atoms with Gasteiger partial charge in [-0.2, -0.15) is 0 Å². The summed E-state index contributed by atoms with van der Waals surface area (Å²) in [5.41, 5.74) is 1.61. The van der Waals surface area contributed by atoms with Crippen LogP contribution in [0.25, 0.3) is 11.1 Å². The summed E-state index contributed by atoms with van der Waals surface area (Å²) < 4.78 is 13.7. The maximum atomic E-state index is 13.7. The molecule has 2 nitrogen and oxygen atoms in total. The molecule has 1 aromatic carbocycles. The van der Waals surface area contributed by atoms with E-state index in [1.54, 1.807) is 30.5 Å². The van der Waals surface area contributed by atoms with E-state index in [1.165, 1.54) is 12.3 Å². The number of halogens is 1. The highest BCUT2D eigenvalue weighted by Gasteiger charge is 2.12. The van der Waals surface area contributed by atoms with Gasteiger partial charge in [0.05, 0.1) is 0 Å². The Morgan fingerprint density at radius 3 is 2.61 bits per heavy atom. The van der Waals surface area contributed by atoms with E-state index in [9.17, 15) is 9.18 Å². The predicted molar refractivity (Wildman–Crippen MR) is 68.8 cm³/mol. The summed E-state index contributed by atoms with van der Waals surface area (Å²) >= 11 is 0. The molecule has 0 amide bonds. The number of ketones is 1. The Morgan fingerprint density at radius 2 is 1.94 bits per heavy atom. The molecule has 2 aromatic rings. The van der Waals surface area contributed by atoms with Gasteiger partial charge in [-0.1, -0.05) is 32.0 Å². The summed E-state index contributed by atoms with van der Waals surface area (Å²) in [4.78, 5) is 15.9. The van der Waals surface area contributed by atoms with Gasteiger partial charge in [-0.05, 0) is 12.1 Å². The Morgan fingerprint density at radius 1 is 1.22 bits per heavy atom. The van der Waals surface area contributed by atoms with Crippen LogP contribution in [0.15, 0.2) is 42.7 Å². The van der Waals surface area contributed by atoms with Gasteiger partial charge in [0.1, 0.15) is 5.82 Å². The Labute approximate surface area is 105 Å². The van der Waals surface area contributed by atoms with E-state index in [0.717, 1.165) is 0 Å². The third kappa shape index (κ3) is 2.45. The topological polar surface area (TPSA) is 30.0 Å². The summed E-state index contributed by atoms with van der Waals surface area (Å²) in [5, 5.41) is 0. The quantitative estimate of drug-likeness (QED) is 0.769. The van der Waals surface area contributed by atoms with Crippen molar-refractivity contribution in [1.29, 1.82) is 0 Å². The van der Waals surface area contributed by atoms with E-state index in [1.807, 2.05) is 13.8 Å². The van der Waals surface area contributed by atoms with Crippen LogP contribution in [0, 0.1) is 11.7 Å². The molecular weight excluding hydrogens is 229 g/mol. The normalized spacial score (nSPS) is 10.7. The SMILES string of the molecule is CC(C)C(=O)c1cncc(-c2ccccc2F)c1. The van der Waals surface area contributed by atoms with Crippen molar-refractivity contribution in [2.45, 2.75) is 13.8 Å². The molecule has 0 atom stereocenters. The number of carbonyl (C=O) groups excluding carboxylic acids is 1. The van der Waals surface area contributed by atoms with Crippen LogP contribution >= 0.6 is 0 Å². The molecule has 1 heterocycles. The van der Waals surface area contributed by atoms with Crippen molar-refractivity contribution in [2.75, 3.05) is 0 Å². The highest BCUT2D eigenvalue weighted by atomic mass is 19.1. The number of aromatic nitrogens is 1. The third-order valence-corrected chi connectivity index (χ3v) is 2.73. The molecule has 0 fully saturated rings. The number of pyridine rings is 1. The molecule has 1 aromatic heterocycles. The van der Waals surface area contributed by atoms with E-state index in [0.29, 0.717) is 16.7 Å². The molecule has 0 aliphatic carbocycles. The van der Waals surface area contributed by atoms with E-state index < -0.39 is 0 Å². The summed E-state index contributed by atoms with van der Waals surface area (Å²) in [6.45, 7) is 3.66. The van der Waals surface area contributed by atoms with Crippen LogP contribution in [0.4, 0.5) is 4.39 Å². The highest BCUT2D eigenvalue weighted by Crippen LogP contribution is 2.23. The average Bonchev–Trinajstić information content (AvgIpc) is 2.38. The zero-order chi connectivity index (χ0) is 13.1. The number of nitrogens with zero attached hydrogens (tertiary/aromatic N) is 1. The lowest BCUT2D eigenvalue weighted by molar-refractivity contribution is 0.0939. The number of benzene rings is 1. The number of rotatable bonds is 3. The first-order valence-electron chi connectivity index (χ1n) is 5.83. The molecule has 0 unspecified atom stereocenters. The van der Waals surface area contributed by atoms with Crippen LogP contribution in [0.5, 0.6) is 0 Å². The first-order valence-corrected chi connectivity index (χ1v) is 5.83. The van der Waals surface area contributed by atoms with E-state index in [-0.39, 0.29) is 17.5 Å². The first kappa shape index (κ1) is 12.4. The Hall–Kier alpha value is -2.03. The number of carbonyl (C=O) groups is 1. The lowest BCUT2D eigenvalue weighted by Crippen LogP contribution is -2.07. The van der Waals surface area contributed by atoms with Crippen molar-refractivity contribution in [1.82, 2.24) is 4.98 Å². The Kier molecular flexibility index (Phi) is 3.51. The fourth-order valence-electron chi connectivity index (χ4n) is 1.75. The highest BCUT2D eigenvalue weighted by molar-refractivity contribution is 5.98. The van der Waals surface area contributed by atoms with Crippen LogP contribution < -0.4 is 0 Å². The van der Waals surface area contributed by atoms with Crippen LogP contribution in [0.2, 0.25) is 0 Å². The smallest absolute Gasteiger partial charge is 0.166 e. The van der Waals surface area contributed by atoms with Crippen molar-refractivity contribution in [3.63, 3.8) is 0 Å². The molecule has 0 bridgehead atoms. The number of hydrogen-bond donors (Lipinski definition) is 0.